The zero-order valence-corrected chi connectivity index (χ0v) is 12.1. The summed E-state index contributed by atoms with van der Waals surface area (Å²) in [5.41, 5.74) is 7.24. The largest absolute Gasteiger partial charge is 0.384 e. The molecule has 17 heavy (non-hydrogen) atoms. The molecule has 0 spiro atoms. The van der Waals surface area contributed by atoms with Gasteiger partial charge in [0.15, 0.2) is 0 Å². The SMILES string of the molecule is CSc1cccc(-n2cc(I)cn2)c1C(=N)N. The summed E-state index contributed by atoms with van der Waals surface area (Å²) in [4.78, 5) is 0.987. The molecule has 0 radical (unpaired) electrons. The van der Waals surface area contributed by atoms with E-state index in [2.05, 4.69) is 27.7 Å². The minimum atomic E-state index is 0.0652. The van der Waals surface area contributed by atoms with E-state index in [0.717, 1.165) is 19.7 Å². The molecule has 0 unspecified atom stereocenters. The Labute approximate surface area is 117 Å². The van der Waals surface area contributed by atoms with Gasteiger partial charge in [0.25, 0.3) is 0 Å². The van der Waals surface area contributed by atoms with Crippen LogP contribution in [0.2, 0.25) is 0 Å². The van der Waals surface area contributed by atoms with Gasteiger partial charge in [-0.1, -0.05) is 6.07 Å². The molecule has 0 aliphatic carbocycles. The van der Waals surface area contributed by atoms with Crippen LogP contribution in [0.25, 0.3) is 5.69 Å². The van der Waals surface area contributed by atoms with Gasteiger partial charge in [-0.05, 0) is 41.0 Å². The second kappa shape index (κ2) is 5.09. The molecule has 2 rings (SSSR count). The number of nitrogens with one attached hydrogen (secondary N) is 1. The van der Waals surface area contributed by atoms with Crippen LogP contribution in [-0.2, 0) is 0 Å². The van der Waals surface area contributed by atoms with Crippen molar-refractivity contribution < 1.29 is 0 Å². The zero-order chi connectivity index (χ0) is 12.4. The van der Waals surface area contributed by atoms with Crippen LogP contribution in [0.3, 0.4) is 0 Å². The first-order chi connectivity index (χ1) is 8.13. The molecule has 0 aliphatic rings. The van der Waals surface area contributed by atoms with Gasteiger partial charge in [0.1, 0.15) is 5.84 Å². The normalized spacial score (nSPS) is 10.5. The van der Waals surface area contributed by atoms with E-state index in [-0.39, 0.29) is 5.84 Å². The van der Waals surface area contributed by atoms with Crippen molar-refractivity contribution in [3.8, 4) is 5.69 Å². The number of amidine groups is 1. The third-order valence-electron chi connectivity index (χ3n) is 2.29. The van der Waals surface area contributed by atoms with Gasteiger partial charge in [-0.15, -0.1) is 11.8 Å². The lowest BCUT2D eigenvalue weighted by atomic mass is 10.1. The third kappa shape index (κ3) is 2.47. The van der Waals surface area contributed by atoms with Crippen LogP contribution < -0.4 is 5.73 Å². The average molecular weight is 358 g/mol. The first-order valence-electron chi connectivity index (χ1n) is 4.85. The van der Waals surface area contributed by atoms with E-state index in [9.17, 15) is 0 Å². The highest BCUT2D eigenvalue weighted by atomic mass is 127. The van der Waals surface area contributed by atoms with Gasteiger partial charge < -0.3 is 5.73 Å². The van der Waals surface area contributed by atoms with Gasteiger partial charge in [0.2, 0.25) is 0 Å². The Bertz CT molecular complexity index is 564. The van der Waals surface area contributed by atoms with Gasteiger partial charge in [-0.3, -0.25) is 5.41 Å². The predicted molar refractivity (Wildman–Crippen MR) is 79.1 cm³/mol. The first-order valence-corrected chi connectivity index (χ1v) is 7.15. The number of nitrogens with two attached hydrogens (primary N) is 1. The monoisotopic (exact) mass is 358 g/mol. The number of rotatable bonds is 3. The quantitative estimate of drug-likeness (QED) is 0.383. The Hall–Kier alpha value is -1.02. The second-order valence-corrected chi connectivity index (χ2v) is 5.46. The maximum Gasteiger partial charge on any atom is 0.126 e. The van der Waals surface area contributed by atoms with Gasteiger partial charge in [-0.25, -0.2) is 4.68 Å². The Morgan fingerprint density at radius 2 is 2.29 bits per heavy atom. The Balaban J connectivity index is 2.65. The standard InChI is InChI=1S/C11H11IN4S/c1-17-9-4-2-3-8(10(9)11(13)14)16-6-7(12)5-15-16/h2-6H,1H3,(H3,13,14). The molecule has 0 amide bonds. The number of nitrogen functional groups attached to an aromatic ring is 1. The molecule has 0 saturated carbocycles. The van der Waals surface area contributed by atoms with Crippen molar-refractivity contribution in [1.29, 1.82) is 5.41 Å². The summed E-state index contributed by atoms with van der Waals surface area (Å²) in [5.74, 6) is 0.0652. The van der Waals surface area contributed by atoms with Crippen LogP contribution in [0.5, 0.6) is 0 Å². The van der Waals surface area contributed by atoms with Crippen molar-refractivity contribution in [3.05, 3.63) is 39.7 Å². The van der Waals surface area contributed by atoms with E-state index < -0.39 is 0 Å². The van der Waals surface area contributed by atoms with Crippen molar-refractivity contribution >= 4 is 40.2 Å². The fraction of sp³-hybridized carbons (Fsp3) is 0.0909. The van der Waals surface area contributed by atoms with E-state index in [0.29, 0.717) is 0 Å². The Morgan fingerprint density at radius 3 is 2.82 bits per heavy atom. The van der Waals surface area contributed by atoms with E-state index in [1.54, 1.807) is 22.6 Å². The molecule has 4 nitrogen and oxygen atoms in total. The highest BCUT2D eigenvalue weighted by molar-refractivity contribution is 14.1. The fourth-order valence-electron chi connectivity index (χ4n) is 1.58. The van der Waals surface area contributed by atoms with Crippen molar-refractivity contribution in [1.82, 2.24) is 9.78 Å². The summed E-state index contributed by atoms with van der Waals surface area (Å²) in [6, 6.07) is 5.82. The highest BCUT2D eigenvalue weighted by Gasteiger charge is 2.12. The van der Waals surface area contributed by atoms with Crippen molar-refractivity contribution in [2.24, 2.45) is 5.73 Å². The molecule has 88 valence electrons. The molecule has 1 aromatic heterocycles. The molecule has 2 aromatic rings. The van der Waals surface area contributed by atoms with Gasteiger partial charge in [0.05, 0.1) is 21.0 Å². The molecular weight excluding hydrogens is 347 g/mol. The van der Waals surface area contributed by atoms with Crippen LogP contribution in [0.1, 0.15) is 5.56 Å². The number of thioether (sulfide) groups is 1. The van der Waals surface area contributed by atoms with Gasteiger partial charge >= 0.3 is 0 Å². The lowest BCUT2D eigenvalue weighted by Crippen LogP contribution is -2.16. The van der Waals surface area contributed by atoms with Crippen LogP contribution >= 0.6 is 34.4 Å². The molecule has 6 heteroatoms. The van der Waals surface area contributed by atoms with Crippen molar-refractivity contribution in [3.63, 3.8) is 0 Å². The molecule has 3 N–H and O–H groups in total. The van der Waals surface area contributed by atoms with Crippen molar-refractivity contribution in [2.45, 2.75) is 4.90 Å². The number of nitrogens with zero attached hydrogens (tertiary/aromatic N) is 2. The summed E-state index contributed by atoms with van der Waals surface area (Å²) >= 11 is 3.78. The lowest BCUT2D eigenvalue weighted by molar-refractivity contribution is 0.873. The maximum atomic E-state index is 7.70. The lowest BCUT2D eigenvalue weighted by Gasteiger charge is -2.11. The van der Waals surface area contributed by atoms with Gasteiger partial charge in [-0.2, -0.15) is 5.10 Å². The molecule has 0 bridgehead atoms. The molecule has 0 aliphatic heterocycles. The minimum Gasteiger partial charge on any atom is -0.384 e. The van der Waals surface area contributed by atoms with E-state index in [4.69, 9.17) is 11.1 Å². The summed E-state index contributed by atoms with van der Waals surface area (Å²) in [5, 5.41) is 12.0. The van der Waals surface area contributed by atoms with Crippen LogP contribution in [-0.4, -0.2) is 21.9 Å². The number of aromatic nitrogens is 2. The Kier molecular flexibility index (Phi) is 3.72. The summed E-state index contributed by atoms with van der Waals surface area (Å²) < 4.78 is 2.80. The smallest absolute Gasteiger partial charge is 0.126 e. The average Bonchev–Trinajstić information content (AvgIpc) is 2.74. The van der Waals surface area contributed by atoms with Crippen LogP contribution in [0.15, 0.2) is 35.5 Å². The molecule has 1 aromatic carbocycles. The summed E-state index contributed by atoms with van der Waals surface area (Å²) in [7, 11) is 0. The molecule has 0 saturated heterocycles. The van der Waals surface area contributed by atoms with E-state index >= 15 is 0 Å². The highest BCUT2D eigenvalue weighted by Crippen LogP contribution is 2.25. The fourth-order valence-corrected chi connectivity index (χ4v) is 2.61. The number of hydrogen-bond donors (Lipinski definition) is 2. The van der Waals surface area contributed by atoms with E-state index in [1.807, 2.05) is 30.7 Å². The predicted octanol–water partition coefficient (Wildman–Crippen LogP) is 2.48. The number of hydrogen-bond acceptors (Lipinski definition) is 3. The minimum absolute atomic E-state index is 0.0652. The van der Waals surface area contributed by atoms with Crippen LogP contribution in [0.4, 0.5) is 0 Å². The number of halogens is 1. The first kappa shape index (κ1) is 12.4. The summed E-state index contributed by atoms with van der Waals surface area (Å²) in [6.45, 7) is 0. The van der Waals surface area contributed by atoms with E-state index in [1.165, 1.54) is 0 Å². The van der Waals surface area contributed by atoms with Gasteiger partial charge in [0, 0.05) is 11.1 Å². The summed E-state index contributed by atoms with van der Waals surface area (Å²) in [6.07, 6.45) is 5.65. The van der Waals surface area contributed by atoms with Crippen molar-refractivity contribution in [2.75, 3.05) is 6.26 Å². The molecular formula is C11H11IN4S. The third-order valence-corrected chi connectivity index (χ3v) is 3.63. The molecule has 1 heterocycles. The topological polar surface area (TPSA) is 67.7 Å². The number of benzene rings is 1. The molecule has 0 atom stereocenters. The zero-order valence-electron chi connectivity index (χ0n) is 9.14. The maximum absolute atomic E-state index is 7.70. The van der Waals surface area contributed by atoms with Crippen LogP contribution in [0, 0.1) is 8.98 Å². The second-order valence-electron chi connectivity index (χ2n) is 3.37. The molecule has 0 fully saturated rings. The Morgan fingerprint density at radius 1 is 1.53 bits per heavy atom.